The van der Waals surface area contributed by atoms with Crippen molar-refractivity contribution in [3.05, 3.63) is 24.3 Å². The topological polar surface area (TPSA) is 32.7 Å². The van der Waals surface area contributed by atoms with Crippen LogP contribution in [0.15, 0.2) is 24.3 Å². The maximum absolute atomic E-state index is 9.03. The third kappa shape index (κ3) is 2.30. The molecule has 1 aromatic rings. The number of ether oxygens (including phenoxy) is 1. The van der Waals surface area contributed by atoms with E-state index in [1.807, 2.05) is 12.1 Å². The van der Waals surface area contributed by atoms with E-state index in [9.17, 15) is 0 Å². The highest BCUT2D eigenvalue weighted by Crippen LogP contribution is 2.28. The Hall–Kier alpha value is -1.22. The first-order valence-electron chi connectivity index (χ1n) is 5.86. The molecule has 1 heterocycles. The predicted molar refractivity (Wildman–Crippen MR) is 65.1 cm³/mol. The number of hydrogen-bond donors (Lipinski definition) is 1. The van der Waals surface area contributed by atoms with Crippen LogP contribution in [0.3, 0.4) is 0 Å². The first-order chi connectivity index (χ1) is 7.85. The molecule has 1 aliphatic heterocycles. The van der Waals surface area contributed by atoms with Crippen LogP contribution >= 0.6 is 0 Å². The van der Waals surface area contributed by atoms with Gasteiger partial charge in [-0.2, -0.15) is 0 Å². The second-order valence-electron chi connectivity index (χ2n) is 4.20. The third-order valence-corrected chi connectivity index (χ3v) is 3.24. The molecule has 1 fully saturated rings. The van der Waals surface area contributed by atoms with Gasteiger partial charge >= 0.3 is 0 Å². The number of nitrogens with zero attached hydrogens (tertiary/aromatic N) is 1. The number of benzene rings is 1. The molecule has 1 aliphatic rings. The number of hydrogen-bond acceptors (Lipinski definition) is 3. The van der Waals surface area contributed by atoms with E-state index >= 15 is 0 Å². The monoisotopic (exact) mass is 221 g/mol. The largest absolute Gasteiger partial charge is 0.497 e. The summed E-state index contributed by atoms with van der Waals surface area (Å²) in [5.41, 5.74) is 1.23. The Morgan fingerprint density at radius 2 is 2.12 bits per heavy atom. The minimum atomic E-state index is 0.275. The Morgan fingerprint density at radius 3 is 2.75 bits per heavy atom. The van der Waals surface area contributed by atoms with E-state index in [0.29, 0.717) is 6.04 Å². The van der Waals surface area contributed by atoms with Gasteiger partial charge in [0.25, 0.3) is 0 Å². The summed E-state index contributed by atoms with van der Waals surface area (Å²) in [5.74, 6) is 0.890. The molecule has 16 heavy (non-hydrogen) atoms. The normalized spacial score (nSPS) is 20.1. The van der Waals surface area contributed by atoms with E-state index in [1.165, 1.54) is 18.5 Å². The van der Waals surface area contributed by atoms with Crippen LogP contribution in [-0.2, 0) is 0 Å². The molecular weight excluding hydrogens is 202 g/mol. The maximum Gasteiger partial charge on any atom is 0.119 e. The quantitative estimate of drug-likeness (QED) is 0.844. The third-order valence-electron chi connectivity index (χ3n) is 3.24. The SMILES string of the molecule is COc1ccc(N2CCCC2CCO)cc1. The van der Waals surface area contributed by atoms with Crippen molar-refractivity contribution in [3.8, 4) is 5.75 Å². The summed E-state index contributed by atoms with van der Waals surface area (Å²) in [5, 5.41) is 9.03. The van der Waals surface area contributed by atoms with Gasteiger partial charge in [0.1, 0.15) is 5.75 Å². The lowest BCUT2D eigenvalue weighted by molar-refractivity contribution is 0.276. The zero-order valence-corrected chi connectivity index (χ0v) is 9.72. The molecule has 1 saturated heterocycles. The van der Waals surface area contributed by atoms with Crippen molar-refractivity contribution in [1.82, 2.24) is 0 Å². The van der Waals surface area contributed by atoms with Gasteiger partial charge in [-0.25, -0.2) is 0 Å². The average Bonchev–Trinajstić information content (AvgIpc) is 2.78. The maximum atomic E-state index is 9.03. The van der Waals surface area contributed by atoms with Gasteiger partial charge in [-0.3, -0.25) is 0 Å². The van der Waals surface area contributed by atoms with Gasteiger partial charge in [-0.15, -0.1) is 0 Å². The van der Waals surface area contributed by atoms with E-state index in [2.05, 4.69) is 17.0 Å². The first kappa shape index (κ1) is 11.3. The lowest BCUT2D eigenvalue weighted by Gasteiger charge is -2.26. The number of aliphatic hydroxyl groups excluding tert-OH is 1. The summed E-state index contributed by atoms with van der Waals surface area (Å²) >= 11 is 0. The first-order valence-corrected chi connectivity index (χ1v) is 5.86. The van der Waals surface area contributed by atoms with Gasteiger partial charge in [0, 0.05) is 24.9 Å². The standard InChI is InChI=1S/C13H19NO2/c1-16-13-6-4-12(5-7-13)14-9-2-3-11(14)8-10-15/h4-7,11,15H,2-3,8-10H2,1H3. The number of aliphatic hydroxyl groups is 1. The fourth-order valence-corrected chi connectivity index (χ4v) is 2.40. The van der Waals surface area contributed by atoms with Gasteiger partial charge in [0.15, 0.2) is 0 Å². The van der Waals surface area contributed by atoms with Crippen molar-refractivity contribution in [2.45, 2.75) is 25.3 Å². The van der Waals surface area contributed by atoms with Crippen molar-refractivity contribution in [3.63, 3.8) is 0 Å². The van der Waals surface area contributed by atoms with Gasteiger partial charge in [0.05, 0.1) is 7.11 Å². The van der Waals surface area contributed by atoms with Crippen LogP contribution in [-0.4, -0.2) is 31.4 Å². The fraction of sp³-hybridized carbons (Fsp3) is 0.538. The Balaban J connectivity index is 2.09. The van der Waals surface area contributed by atoms with Gasteiger partial charge in [0.2, 0.25) is 0 Å². The summed E-state index contributed by atoms with van der Waals surface area (Å²) in [6.07, 6.45) is 3.27. The summed E-state index contributed by atoms with van der Waals surface area (Å²) in [7, 11) is 1.68. The molecular formula is C13H19NO2. The molecule has 1 N–H and O–H groups in total. The van der Waals surface area contributed by atoms with E-state index < -0.39 is 0 Å². The van der Waals surface area contributed by atoms with Gasteiger partial charge in [-0.05, 0) is 43.5 Å². The molecule has 0 bridgehead atoms. The molecule has 0 radical (unpaired) electrons. The van der Waals surface area contributed by atoms with Crippen molar-refractivity contribution in [1.29, 1.82) is 0 Å². The van der Waals surface area contributed by atoms with Crippen LogP contribution in [0.5, 0.6) is 5.75 Å². The summed E-state index contributed by atoms with van der Waals surface area (Å²) in [6, 6.07) is 8.66. The van der Waals surface area contributed by atoms with E-state index in [4.69, 9.17) is 9.84 Å². The number of rotatable bonds is 4. The van der Waals surface area contributed by atoms with Crippen LogP contribution in [0.4, 0.5) is 5.69 Å². The van der Waals surface area contributed by atoms with Crippen LogP contribution in [0.1, 0.15) is 19.3 Å². The molecule has 88 valence electrons. The average molecular weight is 221 g/mol. The molecule has 3 nitrogen and oxygen atoms in total. The molecule has 0 aromatic heterocycles. The molecule has 0 aliphatic carbocycles. The van der Waals surface area contributed by atoms with Crippen molar-refractivity contribution in [2.24, 2.45) is 0 Å². The Bertz CT molecular complexity index is 323. The highest BCUT2D eigenvalue weighted by molar-refractivity contribution is 5.50. The van der Waals surface area contributed by atoms with Gasteiger partial charge < -0.3 is 14.7 Å². The molecule has 1 atom stereocenters. The smallest absolute Gasteiger partial charge is 0.119 e. The Kier molecular flexibility index (Phi) is 3.67. The van der Waals surface area contributed by atoms with Crippen molar-refractivity contribution in [2.75, 3.05) is 25.2 Å². The summed E-state index contributed by atoms with van der Waals surface area (Å²) < 4.78 is 5.15. The molecule has 0 spiro atoms. The van der Waals surface area contributed by atoms with Crippen LogP contribution < -0.4 is 9.64 Å². The summed E-state index contributed by atoms with van der Waals surface area (Å²) in [6.45, 7) is 1.37. The van der Waals surface area contributed by atoms with Crippen molar-refractivity contribution < 1.29 is 9.84 Å². The fourth-order valence-electron chi connectivity index (χ4n) is 2.40. The Morgan fingerprint density at radius 1 is 1.38 bits per heavy atom. The molecule has 1 unspecified atom stereocenters. The second-order valence-corrected chi connectivity index (χ2v) is 4.20. The molecule has 1 aromatic carbocycles. The van der Waals surface area contributed by atoms with Crippen LogP contribution in [0.25, 0.3) is 0 Å². The predicted octanol–water partition coefficient (Wildman–Crippen LogP) is 2.05. The second kappa shape index (κ2) is 5.21. The molecule has 3 heteroatoms. The highest BCUT2D eigenvalue weighted by atomic mass is 16.5. The van der Waals surface area contributed by atoms with Crippen LogP contribution in [0, 0.1) is 0 Å². The number of anilines is 1. The minimum absolute atomic E-state index is 0.275. The number of methoxy groups -OCH3 is 1. The lowest BCUT2D eigenvalue weighted by Crippen LogP contribution is -2.29. The molecule has 2 rings (SSSR count). The van der Waals surface area contributed by atoms with E-state index in [1.54, 1.807) is 7.11 Å². The Labute approximate surface area is 96.6 Å². The van der Waals surface area contributed by atoms with Crippen LogP contribution in [0.2, 0.25) is 0 Å². The molecule has 0 amide bonds. The zero-order chi connectivity index (χ0) is 11.4. The molecule has 0 saturated carbocycles. The zero-order valence-electron chi connectivity index (χ0n) is 9.72. The minimum Gasteiger partial charge on any atom is -0.497 e. The highest BCUT2D eigenvalue weighted by Gasteiger charge is 2.23. The van der Waals surface area contributed by atoms with E-state index in [-0.39, 0.29) is 6.61 Å². The van der Waals surface area contributed by atoms with E-state index in [0.717, 1.165) is 18.7 Å². The summed E-state index contributed by atoms with van der Waals surface area (Å²) in [4.78, 5) is 2.38. The van der Waals surface area contributed by atoms with Crippen molar-refractivity contribution >= 4 is 5.69 Å². The van der Waals surface area contributed by atoms with Gasteiger partial charge in [-0.1, -0.05) is 0 Å². The lowest BCUT2D eigenvalue weighted by atomic mass is 10.1.